The van der Waals surface area contributed by atoms with Crippen molar-refractivity contribution in [2.24, 2.45) is 5.92 Å². The normalized spacial score (nSPS) is 16.8. The summed E-state index contributed by atoms with van der Waals surface area (Å²) < 4.78 is 17.1. The molecule has 228 valence electrons. The molecule has 40 heavy (non-hydrogen) atoms. The van der Waals surface area contributed by atoms with Crippen LogP contribution in [0.15, 0.2) is 24.5 Å². The molecule has 2 atom stereocenters. The van der Waals surface area contributed by atoms with E-state index in [4.69, 9.17) is 14.2 Å². The molecule has 0 spiro atoms. The lowest BCUT2D eigenvalue weighted by Gasteiger charge is -2.20. The SMILES string of the molecule is CCCCCCCCCCCCCCCCCCOC[C@@H]1CO[C@@H](COC(=O)N(Cc2ccncc2)C(C)=O)C1. The van der Waals surface area contributed by atoms with Crippen LogP contribution in [0.1, 0.15) is 129 Å². The van der Waals surface area contributed by atoms with Gasteiger partial charge in [-0.25, -0.2) is 9.69 Å². The van der Waals surface area contributed by atoms with Gasteiger partial charge in [-0.2, -0.15) is 0 Å². The standard InChI is InChI=1S/C33H56N2O5/c1-3-4-5-6-7-8-9-10-11-12-13-14-15-16-17-18-23-38-26-31-24-32(39-27-31)28-40-33(37)35(29(2)36)25-30-19-21-34-22-20-30/h19-22,31-32H,3-18,23-28H2,1-2H3/t31-,32-/m1/s1. The third-order valence-electron chi connectivity index (χ3n) is 7.74. The van der Waals surface area contributed by atoms with Crippen molar-refractivity contribution in [3.8, 4) is 0 Å². The van der Waals surface area contributed by atoms with E-state index in [-0.39, 0.29) is 25.2 Å². The molecule has 7 heteroatoms. The predicted octanol–water partition coefficient (Wildman–Crippen LogP) is 8.25. The quantitative estimate of drug-likeness (QED) is 0.125. The molecule has 0 radical (unpaired) electrons. The fraction of sp³-hybridized carbons (Fsp3) is 0.788. The van der Waals surface area contributed by atoms with Crippen LogP contribution in [0.3, 0.4) is 0 Å². The van der Waals surface area contributed by atoms with Crippen molar-refractivity contribution in [3.63, 3.8) is 0 Å². The smallest absolute Gasteiger partial charge is 0.416 e. The van der Waals surface area contributed by atoms with E-state index in [1.54, 1.807) is 24.5 Å². The number of ether oxygens (including phenoxy) is 3. The van der Waals surface area contributed by atoms with Crippen LogP contribution in [0, 0.1) is 5.92 Å². The Hall–Kier alpha value is -1.99. The number of pyridine rings is 1. The number of carbonyl (C=O) groups is 2. The fourth-order valence-electron chi connectivity index (χ4n) is 5.23. The molecule has 7 nitrogen and oxygen atoms in total. The van der Waals surface area contributed by atoms with Gasteiger partial charge in [-0.1, -0.05) is 103 Å². The Morgan fingerprint density at radius 2 is 1.40 bits per heavy atom. The van der Waals surface area contributed by atoms with Gasteiger partial charge in [0.1, 0.15) is 6.61 Å². The molecule has 0 N–H and O–H groups in total. The predicted molar refractivity (Wildman–Crippen MR) is 160 cm³/mol. The van der Waals surface area contributed by atoms with Crippen LogP contribution in [0.5, 0.6) is 0 Å². The summed E-state index contributed by atoms with van der Waals surface area (Å²) in [5, 5.41) is 0. The van der Waals surface area contributed by atoms with Gasteiger partial charge in [-0.05, 0) is 30.5 Å². The van der Waals surface area contributed by atoms with Crippen LogP contribution in [0.2, 0.25) is 0 Å². The number of rotatable bonds is 23. The third-order valence-corrected chi connectivity index (χ3v) is 7.74. The summed E-state index contributed by atoms with van der Waals surface area (Å²) in [4.78, 5) is 29.5. The number of nitrogens with zero attached hydrogens (tertiary/aromatic N) is 2. The molecule has 1 saturated heterocycles. The van der Waals surface area contributed by atoms with E-state index in [0.717, 1.165) is 29.9 Å². The maximum atomic E-state index is 12.5. The van der Waals surface area contributed by atoms with E-state index in [2.05, 4.69) is 11.9 Å². The number of imide groups is 1. The van der Waals surface area contributed by atoms with E-state index in [0.29, 0.717) is 19.1 Å². The Kier molecular flexibility index (Phi) is 19.4. The van der Waals surface area contributed by atoms with Gasteiger partial charge in [0.2, 0.25) is 5.91 Å². The first-order chi connectivity index (χ1) is 19.6. The van der Waals surface area contributed by atoms with Crippen LogP contribution < -0.4 is 0 Å². The number of unbranched alkanes of at least 4 members (excludes halogenated alkanes) is 15. The molecule has 2 amide bonds. The molecule has 0 aromatic carbocycles. The molecule has 0 saturated carbocycles. The lowest BCUT2D eigenvalue weighted by molar-refractivity contribution is -0.128. The first-order valence-corrected chi connectivity index (χ1v) is 16.1. The van der Waals surface area contributed by atoms with Crippen molar-refractivity contribution < 1.29 is 23.8 Å². The van der Waals surface area contributed by atoms with Crippen LogP contribution >= 0.6 is 0 Å². The lowest BCUT2D eigenvalue weighted by atomic mass is 10.0. The second-order valence-electron chi connectivity index (χ2n) is 11.5. The van der Waals surface area contributed by atoms with Gasteiger partial charge in [-0.3, -0.25) is 9.78 Å². The highest BCUT2D eigenvalue weighted by molar-refractivity contribution is 5.90. The fourth-order valence-corrected chi connectivity index (χ4v) is 5.23. The van der Waals surface area contributed by atoms with Gasteiger partial charge in [0.15, 0.2) is 0 Å². The molecule has 2 heterocycles. The monoisotopic (exact) mass is 560 g/mol. The van der Waals surface area contributed by atoms with Gasteiger partial charge in [0.25, 0.3) is 0 Å². The van der Waals surface area contributed by atoms with Gasteiger partial charge in [0, 0.05) is 31.8 Å². The average molecular weight is 561 g/mol. The van der Waals surface area contributed by atoms with Crippen molar-refractivity contribution >= 4 is 12.0 Å². The second kappa shape index (κ2) is 22.7. The third kappa shape index (κ3) is 16.3. The highest BCUT2D eigenvalue weighted by Gasteiger charge is 2.28. The maximum Gasteiger partial charge on any atom is 0.416 e. The Morgan fingerprint density at radius 3 is 1.95 bits per heavy atom. The van der Waals surface area contributed by atoms with Crippen LogP contribution in [0.25, 0.3) is 0 Å². The van der Waals surface area contributed by atoms with Gasteiger partial charge in [0.05, 0.1) is 25.9 Å². The van der Waals surface area contributed by atoms with Gasteiger partial charge < -0.3 is 14.2 Å². The van der Waals surface area contributed by atoms with Gasteiger partial charge >= 0.3 is 6.09 Å². The molecular weight excluding hydrogens is 504 g/mol. The minimum absolute atomic E-state index is 0.147. The van der Waals surface area contributed by atoms with Gasteiger partial charge in [-0.15, -0.1) is 0 Å². The summed E-state index contributed by atoms with van der Waals surface area (Å²) in [5.74, 6) is -0.0278. The topological polar surface area (TPSA) is 78.0 Å². The van der Waals surface area contributed by atoms with Crippen LogP contribution in [0.4, 0.5) is 4.79 Å². The zero-order valence-corrected chi connectivity index (χ0v) is 25.5. The van der Waals surface area contributed by atoms with Crippen LogP contribution in [-0.2, 0) is 25.5 Å². The minimum Gasteiger partial charge on any atom is -0.446 e. The number of aromatic nitrogens is 1. The van der Waals surface area contributed by atoms with Crippen molar-refractivity contribution in [2.75, 3.05) is 26.4 Å². The summed E-state index contributed by atoms with van der Waals surface area (Å²) in [6, 6.07) is 3.54. The number of carbonyl (C=O) groups excluding carboxylic acids is 2. The first-order valence-electron chi connectivity index (χ1n) is 16.1. The Labute approximate surface area is 243 Å². The molecule has 1 fully saturated rings. The van der Waals surface area contributed by atoms with E-state index in [1.807, 2.05) is 0 Å². The summed E-state index contributed by atoms with van der Waals surface area (Å²) in [5.41, 5.74) is 0.820. The molecule has 2 rings (SSSR count). The second-order valence-corrected chi connectivity index (χ2v) is 11.5. The van der Waals surface area contributed by atoms with E-state index < -0.39 is 6.09 Å². The molecule has 0 bridgehead atoms. The van der Waals surface area contributed by atoms with Crippen molar-refractivity contribution in [2.45, 2.75) is 136 Å². The summed E-state index contributed by atoms with van der Waals surface area (Å²) in [6.45, 7) is 6.06. The number of hydrogen-bond donors (Lipinski definition) is 0. The molecular formula is C33H56N2O5. The first kappa shape index (κ1) is 34.2. The Balaban J connectivity index is 1.38. The highest BCUT2D eigenvalue weighted by Crippen LogP contribution is 2.21. The van der Waals surface area contributed by atoms with Crippen molar-refractivity contribution in [1.29, 1.82) is 0 Å². The van der Waals surface area contributed by atoms with Crippen molar-refractivity contribution in [1.82, 2.24) is 9.88 Å². The molecule has 1 aliphatic heterocycles. The van der Waals surface area contributed by atoms with Crippen molar-refractivity contribution in [3.05, 3.63) is 30.1 Å². The van der Waals surface area contributed by atoms with E-state index >= 15 is 0 Å². The number of hydrogen-bond acceptors (Lipinski definition) is 6. The molecule has 0 unspecified atom stereocenters. The summed E-state index contributed by atoms with van der Waals surface area (Å²) in [7, 11) is 0. The largest absolute Gasteiger partial charge is 0.446 e. The zero-order chi connectivity index (χ0) is 28.7. The molecule has 1 aromatic rings. The van der Waals surface area contributed by atoms with E-state index in [1.165, 1.54) is 103 Å². The Bertz CT molecular complexity index is 775. The lowest BCUT2D eigenvalue weighted by Crippen LogP contribution is -2.36. The highest BCUT2D eigenvalue weighted by atomic mass is 16.6. The van der Waals surface area contributed by atoms with Crippen LogP contribution in [-0.4, -0.2) is 54.4 Å². The molecule has 1 aromatic heterocycles. The summed E-state index contributed by atoms with van der Waals surface area (Å²) in [6.07, 6.45) is 25.2. The number of amides is 2. The maximum absolute atomic E-state index is 12.5. The summed E-state index contributed by atoms with van der Waals surface area (Å²) >= 11 is 0. The van der Waals surface area contributed by atoms with E-state index in [9.17, 15) is 9.59 Å². The zero-order valence-electron chi connectivity index (χ0n) is 25.5. The molecule has 1 aliphatic rings. The molecule has 0 aliphatic carbocycles. The average Bonchev–Trinajstić information content (AvgIpc) is 3.42. The minimum atomic E-state index is -0.642. The Morgan fingerprint density at radius 1 is 0.850 bits per heavy atom.